The highest BCUT2D eigenvalue weighted by molar-refractivity contribution is 7.91. The average Bonchev–Trinajstić information content (AvgIpc) is 3.23. The lowest BCUT2D eigenvalue weighted by atomic mass is 10.2. The molecular weight excluding hydrogens is 322 g/mol. The number of aromatic nitrogens is 4. The van der Waals surface area contributed by atoms with Gasteiger partial charge in [0.1, 0.15) is 4.21 Å². The lowest BCUT2D eigenvalue weighted by molar-refractivity contribution is 0.435. The molecule has 2 heterocycles. The van der Waals surface area contributed by atoms with Gasteiger partial charge in [-0.2, -0.15) is 0 Å². The van der Waals surface area contributed by atoms with E-state index in [4.69, 9.17) is 0 Å². The van der Waals surface area contributed by atoms with Crippen molar-refractivity contribution in [3.63, 3.8) is 0 Å². The SMILES string of the molecule is CCc1ccc(S(=O)(=O)NCc2nnnn2C2CCCC2)s1. The van der Waals surface area contributed by atoms with Crippen LogP contribution in [0.2, 0.25) is 0 Å². The van der Waals surface area contributed by atoms with Crippen molar-refractivity contribution < 1.29 is 8.42 Å². The molecule has 0 unspecified atom stereocenters. The molecule has 2 aromatic rings. The second kappa shape index (κ2) is 6.43. The van der Waals surface area contributed by atoms with Crippen molar-refractivity contribution >= 4 is 21.4 Å². The zero-order valence-electron chi connectivity index (χ0n) is 12.4. The van der Waals surface area contributed by atoms with Crippen LogP contribution in [0, 0.1) is 0 Å². The first-order valence-corrected chi connectivity index (χ1v) is 9.75. The Morgan fingerprint density at radius 1 is 1.36 bits per heavy atom. The minimum absolute atomic E-state index is 0.116. The van der Waals surface area contributed by atoms with Gasteiger partial charge in [-0.3, -0.25) is 0 Å². The maximum atomic E-state index is 12.3. The first kappa shape index (κ1) is 15.6. The average molecular weight is 341 g/mol. The van der Waals surface area contributed by atoms with Gasteiger partial charge in [0.05, 0.1) is 12.6 Å². The van der Waals surface area contributed by atoms with Crippen LogP contribution in [0.5, 0.6) is 0 Å². The molecule has 1 saturated carbocycles. The van der Waals surface area contributed by atoms with Crippen LogP contribution in [-0.2, 0) is 23.0 Å². The van der Waals surface area contributed by atoms with Gasteiger partial charge < -0.3 is 0 Å². The molecule has 0 aromatic carbocycles. The summed E-state index contributed by atoms with van der Waals surface area (Å²) in [6, 6.07) is 3.79. The van der Waals surface area contributed by atoms with E-state index in [2.05, 4.69) is 20.2 Å². The Balaban J connectivity index is 1.70. The summed E-state index contributed by atoms with van der Waals surface area (Å²) in [7, 11) is -3.51. The molecule has 0 atom stereocenters. The molecular formula is C13H19N5O2S2. The normalized spacial score (nSPS) is 16.4. The molecule has 1 aliphatic rings. The third-order valence-electron chi connectivity index (χ3n) is 3.90. The summed E-state index contributed by atoms with van der Waals surface area (Å²) in [5.41, 5.74) is 0. The molecule has 0 saturated heterocycles. The molecule has 1 N–H and O–H groups in total. The molecule has 1 aliphatic carbocycles. The third-order valence-corrected chi connectivity index (χ3v) is 7.02. The van der Waals surface area contributed by atoms with Gasteiger partial charge in [0, 0.05) is 4.88 Å². The lowest BCUT2D eigenvalue weighted by Crippen LogP contribution is -2.25. The van der Waals surface area contributed by atoms with Gasteiger partial charge >= 0.3 is 0 Å². The van der Waals surface area contributed by atoms with Crippen LogP contribution in [-0.4, -0.2) is 28.6 Å². The molecule has 0 amide bonds. The van der Waals surface area contributed by atoms with E-state index in [1.165, 1.54) is 24.2 Å². The van der Waals surface area contributed by atoms with Gasteiger partial charge in [0.15, 0.2) is 5.82 Å². The molecule has 1 fully saturated rings. The first-order valence-electron chi connectivity index (χ1n) is 7.45. The summed E-state index contributed by atoms with van der Waals surface area (Å²) in [5, 5.41) is 11.7. The van der Waals surface area contributed by atoms with Crippen molar-refractivity contribution in [1.29, 1.82) is 0 Å². The molecule has 0 spiro atoms. The molecule has 7 nitrogen and oxygen atoms in total. The predicted molar refractivity (Wildman–Crippen MR) is 83.0 cm³/mol. The number of nitrogens with zero attached hydrogens (tertiary/aromatic N) is 4. The fourth-order valence-electron chi connectivity index (χ4n) is 2.68. The van der Waals surface area contributed by atoms with Crippen LogP contribution >= 0.6 is 11.3 Å². The van der Waals surface area contributed by atoms with Gasteiger partial charge in [0.2, 0.25) is 10.0 Å². The zero-order valence-corrected chi connectivity index (χ0v) is 14.0. The van der Waals surface area contributed by atoms with Gasteiger partial charge in [-0.25, -0.2) is 17.8 Å². The first-order chi connectivity index (χ1) is 10.6. The number of aryl methyl sites for hydroxylation is 1. The molecule has 22 heavy (non-hydrogen) atoms. The van der Waals surface area contributed by atoms with Crippen molar-refractivity contribution in [2.24, 2.45) is 0 Å². The molecule has 2 aromatic heterocycles. The summed E-state index contributed by atoms with van der Waals surface area (Å²) in [6.07, 6.45) is 5.28. The van der Waals surface area contributed by atoms with E-state index in [0.29, 0.717) is 16.1 Å². The summed E-state index contributed by atoms with van der Waals surface area (Å²) in [6.45, 7) is 2.12. The topological polar surface area (TPSA) is 89.8 Å². The third kappa shape index (κ3) is 3.21. The Morgan fingerprint density at radius 2 is 2.14 bits per heavy atom. The summed E-state index contributed by atoms with van der Waals surface area (Å²) in [5.74, 6) is 0.572. The molecule has 9 heteroatoms. The maximum Gasteiger partial charge on any atom is 0.250 e. The second-order valence-electron chi connectivity index (χ2n) is 5.38. The van der Waals surface area contributed by atoms with E-state index in [1.54, 1.807) is 10.7 Å². The lowest BCUT2D eigenvalue weighted by Gasteiger charge is -2.11. The van der Waals surface area contributed by atoms with E-state index in [1.807, 2.05) is 13.0 Å². The van der Waals surface area contributed by atoms with Gasteiger partial charge in [-0.05, 0) is 41.8 Å². The summed E-state index contributed by atoms with van der Waals surface area (Å²) >= 11 is 1.30. The quantitative estimate of drug-likeness (QED) is 0.866. The number of sulfonamides is 1. The monoisotopic (exact) mass is 341 g/mol. The minimum Gasteiger partial charge on any atom is -0.225 e. The van der Waals surface area contributed by atoms with E-state index in [-0.39, 0.29) is 6.54 Å². The highest BCUT2D eigenvalue weighted by Gasteiger charge is 2.23. The molecule has 0 bridgehead atoms. The number of hydrogen-bond donors (Lipinski definition) is 1. The van der Waals surface area contributed by atoms with E-state index >= 15 is 0 Å². The number of nitrogens with one attached hydrogen (secondary N) is 1. The fraction of sp³-hybridized carbons (Fsp3) is 0.615. The second-order valence-corrected chi connectivity index (χ2v) is 8.54. The molecule has 0 aliphatic heterocycles. The van der Waals surface area contributed by atoms with E-state index in [0.717, 1.165) is 24.1 Å². The largest absolute Gasteiger partial charge is 0.250 e. The van der Waals surface area contributed by atoms with Gasteiger partial charge in [0.25, 0.3) is 0 Å². The Bertz CT molecular complexity index is 731. The number of rotatable bonds is 6. The van der Waals surface area contributed by atoms with Crippen LogP contribution in [0.15, 0.2) is 16.3 Å². The fourth-order valence-corrected chi connectivity index (χ4v) is 5.00. The number of tetrazole rings is 1. The van der Waals surface area contributed by atoms with Crippen LogP contribution < -0.4 is 4.72 Å². The zero-order chi connectivity index (χ0) is 15.6. The van der Waals surface area contributed by atoms with Crippen LogP contribution in [0.25, 0.3) is 0 Å². The predicted octanol–water partition coefficient (Wildman–Crippen LogP) is 1.89. The van der Waals surface area contributed by atoms with E-state index < -0.39 is 10.0 Å². The molecule has 0 radical (unpaired) electrons. The Kier molecular flexibility index (Phi) is 4.55. The highest BCUT2D eigenvalue weighted by atomic mass is 32.2. The van der Waals surface area contributed by atoms with Crippen molar-refractivity contribution in [2.45, 2.75) is 55.8 Å². The Morgan fingerprint density at radius 3 is 2.82 bits per heavy atom. The molecule has 120 valence electrons. The highest BCUT2D eigenvalue weighted by Crippen LogP contribution is 2.29. The van der Waals surface area contributed by atoms with E-state index in [9.17, 15) is 8.42 Å². The Labute approximate surface area is 133 Å². The smallest absolute Gasteiger partial charge is 0.225 e. The van der Waals surface area contributed by atoms with Crippen molar-refractivity contribution in [3.05, 3.63) is 22.8 Å². The van der Waals surface area contributed by atoms with Crippen LogP contribution in [0.4, 0.5) is 0 Å². The number of thiophene rings is 1. The number of hydrogen-bond acceptors (Lipinski definition) is 6. The van der Waals surface area contributed by atoms with Crippen molar-refractivity contribution in [3.8, 4) is 0 Å². The summed E-state index contributed by atoms with van der Waals surface area (Å²) in [4.78, 5) is 1.05. The van der Waals surface area contributed by atoms with Crippen molar-refractivity contribution in [1.82, 2.24) is 24.9 Å². The Hall–Kier alpha value is -1.32. The van der Waals surface area contributed by atoms with Crippen molar-refractivity contribution in [2.75, 3.05) is 0 Å². The van der Waals surface area contributed by atoms with Gasteiger partial charge in [-0.1, -0.05) is 19.8 Å². The van der Waals surface area contributed by atoms with Crippen LogP contribution in [0.1, 0.15) is 49.4 Å². The van der Waals surface area contributed by atoms with Gasteiger partial charge in [-0.15, -0.1) is 16.4 Å². The molecule has 3 rings (SSSR count). The summed E-state index contributed by atoms with van der Waals surface area (Å²) < 4.78 is 29.3. The minimum atomic E-state index is -3.51. The standard InChI is InChI=1S/C13H19N5O2S2/c1-2-11-7-8-13(21-11)22(19,20)14-9-12-15-16-17-18(12)10-5-3-4-6-10/h7-8,10,14H,2-6,9H2,1H3. The maximum absolute atomic E-state index is 12.3. The van der Waals surface area contributed by atoms with Crippen LogP contribution in [0.3, 0.4) is 0 Å².